The van der Waals surface area contributed by atoms with Crippen LogP contribution in [-0.2, 0) is 25.6 Å². The van der Waals surface area contributed by atoms with E-state index in [1.54, 1.807) is 0 Å². The average molecular weight is 408 g/mol. The molecule has 1 fully saturated rings. The molecule has 3 unspecified atom stereocenters. The number of nitrogens with one attached hydrogen (secondary N) is 3. The predicted molar refractivity (Wildman–Crippen MR) is 102 cm³/mol. The van der Waals surface area contributed by atoms with Crippen molar-refractivity contribution in [3.8, 4) is 0 Å². The molecule has 6 N–H and O–H groups in total. The number of nitrogens with two attached hydrogens (primary N) is 1. The van der Waals surface area contributed by atoms with Crippen molar-refractivity contribution >= 4 is 23.7 Å². The third-order valence-electron chi connectivity index (χ3n) is 4.88. The molecule has 0 radical (unpaired) electrons. The van der Waals surface area contributed by atoms with Crippen molar-refractivity contribution in [1.82, 2.24) is 25.5 Å². The predicted octanol–water partition coefficient (Wildman–Crippen LogP) is -1.39. The SMILES string of the molecule is CC(C)C(N)C(=O)N1CCCC1C(=O)NCC(=O)NC(Cc1cnc[nH]1)C(=O)O. The monoisotopic (exact) mass is 408 g/mol. The van der Waals surface area contributed by atoms with Crippen LogP contribution in [0.4, 0.5) is 0 Å². The normalized spacial score (nSPS) is 18.3. The van der Waals surface area contributed by atoms with Crippen molar-refractivity contribution in [2.24, 2.45) is 11.7 Å². The third kappa shape index (κ3) is 6.01. The van der Waals surface area contributed by atoms with Crippen molar-refractivity contribution in [2.45, 2.75) is 51.2 Å². The minimum Gasteiger partial charge on any atom is -0.480 e. The Labute approximate surface area is 168 Å². The zero-order valence-corrected chi connectivity index (χ0v) is 16.6. The standard InChI is InChI=1S/C18H28N6O5/c1-10(2)15(19)17(27)24-5-3-4-13(24)16(26)21-8-14(25)23-12(18(28)29)6-11-7-20-9-22-11/h7,9-10,12-13,15H,3-6,8,19H2,1-2H3,(H,20,22)(H,21,26)(H,23,25)(H,28,29). The first-order valence-electron chi connectivity index (χ1n) is 9.54. The number of H-pyrrole nitrogens is 1. The molecule has 11 nitrogen and oxygen atoms in total. The number of carboxylic acids is 1. The first kappa shape index (κ1) is 22.3. The number of amides is 3. The number of hydrogen-bond acceptors (Lipinski definition) is 6. The molecular formula is C18H28N6O5. The largest absolute Gasteiger partial charge is 0.480 e. The smallest absolute Gasteiger partial charge is 0.326 e. The number of carboxylic acid groups (broad SMARTS) is 1. The van der Waals surface area contributed by atoms with E-state index in [9.17, 15) is 24.3 Å². The van der Waals surface area contributed by atoms with Crippen LogP contribution in [0.25, 0.3) is 0 Å². The second kappa shape index (κ2) is 10.0. The average Bonchev–Trinajstić information content (AvgIpc) is 3.35. The molecule has 2 rings (SSSR count). The number of nitrogens with zero attached hydrogens (tertiary/aromatic N) is 2. The highest BCUT2D eigenvalue weighted by Gasteiger charge is 2.36. The summed E-state index contributed by atoms with van der Waals surface area (Å²) in [6.07, 6.45) is 4.08. The van der Waals surface area contributed by atoms with Crippen LogP contribution >= 0.6 is 0 Å². The second-order valence-corrected chi connectivity index (χ2v) is 7.42. The van der Waals surface area contributed by atoms with Gasteiger partial charge in [-0.25, -0.2) is 9.78 Å². The fourth-order valence-corrected chi connectivity index (χ4v) is 3.13. The van der Waals surface area contributed by atoms with Crippen molar-refractivity contribution in [1.29, 1.82) is 0 Å². The number of carbonyl (C=O) groups is 4. The molecule has 0 aromatic carbocycles. The molecule has 29 heavy (non-hydrogen) atoms. The Hall–Kier alpha value is -2.95. The highest BCUT2D eigenvalue weighted by molar-refractivity contribution is 5.93. The van der Waals surface area contributed by atoms with Crippen molar-refractivity contribution in [3.05, 3.63) is 18.2 Å². The molecule has 2 heterocycles. The third-order valence-corrected chi connectivity index (χ3v) is 4.88. The van der Waals surface area contributed by atoms with Gasteiger partial charge in [0.1, 0.15) is 12.1 Å². The van der Waals surface area contributed by atoms with Crippen LogP contribution in [0.15, 0.2) is 12.5 Å². The number of aromatic amines is 1. The molecule has 3 atom stereocenters. The topological polar surface area (TPSA) is 171 Å². The van der Waals surface area contributed by atoms with E-state index in [1.807, 2.05) is 13.8 Å². The first-order valence-corrected chi connectivity index (χ1v) is 9.54. The summed E-state index contributed by atoms with van der Waals surface area (Å²) in [6, 6.07) is -2.53. The van der Waals surface area contributed by atoms with E-state index in [0.29, 0.717) is 25.1 Å². The van der Waals surface area contributed by atoms with Crippen LogP contribution in [0.5, 0.6) is 0 Å². The minimum atomic E-state index is -1.20. The van der Waals surface area contributed by atoms with Gasteiger partial charge >= 0.3 is 5.97 Å². The van der Waals surface area contributed by atoms with Gasteiger partial charge in [-0.1, -0.05) is 13.8 Å². The number of aromatic nitrogens is 2. The summed E-state index contributed by atoms with van der Waals surface area (Å²) in [5.41, 5.74) is 6.47. The van der Waals surface area contributed by atoms with E-state index in [-0.39, 0.29) is 24.8 Å². The molecule has 0 saturated carbocycles. The van der Waals surface area contributed by atoms with Gasteiger partial charge in [0.15, 0.2) is 0 Å². The van der Waals surface area contributed by atoms with Crippen LogP contribution in [0, 0.1) is 5.92 Å². The van der Waals surface area contributed by atoms with Gasteiger partial charge in [-0.05, 0) is 18.8 Å². The summed E-state index contributed by atoms with van der Waals surface area (Å²) in [5.74, 6) is -2.63. The van der Waals surface area contributed by atoms with Gasteiger partial charge in [0.2, 0.25) is 17.7 Å². The minimum absolute atomic E-state index is 0.0347. The Morgan fingerprint density at radius 2 is 2.10 bits per heavy atom. The molecule has 0 spiro atoms. The maximum Gasteiger partial charge on any atom is 0.326 e. The Morgan fingerprint density at radius 1 is 1.38 bits per heavy atom. The van der Waals surface area contributed by atoms with E-state index >= 15 is 0 Å². The summed E-state index contributed by atoms with van der Waals surface area (Å²) < 4.78 is 0. The fraction of sp³-hybridized carbons (Fsp3) is 0.611. The zero-order valence-electron chi connectivity index (χ0n) is 16.6. The zero-order chi connectivity index (χ0) is 21.6. The number of likely N-dealkylation sites (tertiary alicyclic amines) is 1. The Bertz CT molecular complexity index is 735. The van der Waals surface area contributed by atoms with E-state index < -0.39 is 35.9 Å². The molecule has 0 aliphatic carbocycles. The van der Waals surface area contributed by atoms with Crippen LogP contribution in [0.1, 0.15) is 32.4 Å². The van der Waals surface area contributed by atoms with Crippen LogP contribution in [0.2, 0.25) is 0 Å². The highest BCUT2D eigenvalue weighted by Crippen LogP contribution is 2.19. The Balaban J connectivity index is 1.87. The van der Waals surface area contributed by atoms with Gasteiger partial charge in [-0.15, -0.1) is 0 Å². The maximum absolute atomic E-state index is 12.5. The molecule has 11 heteroatoms. The van der Waals surface area contributed by atoms with Gasteiger partial charge < -0.3 is 31.4 Å². The lowest BCUT2D eigenvalue weighted by Crippen LogP contribution is -2.54. The van der Waals surface area contributed by atoms with Gasteiger partial charge in [-0.2, -0.15) is 0 Å². The molecule has 160 valence electrons. The summed E-state index contributed by atoms with van der Waals surface area (Å²) in [5, 5.41) is 14.1. The lowest BCUT2D eigenvalue weighted by Gasteiger charge is -2.28. The number of rotatable bonds is 9. The second-order valence-electron chi connectivity index (χ2n) is 7.42. The van der Waals surface area contributed by atoms with Crippen molar-refractivity contribution < 1.29 is 24.3 Å². The fourth-order valence-electron chi connectivity index (χ4n) is 3.13. The Morgan fingerprint density at radius 3 is 2.69 bits per heavy atom. The van der Waals surface area contributed by atoms with Crippen LogP contribution in [-0.4, -0.2) is 74.9 Å². The quantitative estimate of drug-likeness (QED) is 0.335. The number of aliphatic carboxylic acids is 1. The summed E-state index contributed by atoms with van der Waals surface area (Å²) >= 11 is 0. The van der Waals surface area contributed by atoms with E-state index in [1.165, 1.54) is 17.4 Å². The molecule has 1 aliphatic rings. The molecule has 1 aliphatic heterocycles. The highest BCUT2D eigenvalue weighted by atomic mass is 16.4. The van der Waals surface area contributed by atoms with Crippen molar-refractivity contribution in [3.63, 3.8) is 0 Å². The molecular weight excluding hydrogens is 380 g/mol. The van der Waals surface area contributed by atoms with Crippen LogP contribution in [0.3, 0.4) is 0 Å². The summed E-state index contributed by atoms with van der Waals surface area (Å²) in [4.78, 5) is 56.4. The van der Waals surface area contributed by atoms with E-state index in [4.69, 9.17) is 5.73 Å². The summed E-state index contributed by atoms with van der Waals surface area (Å²) in [7, 11) is 0. The summed E-state index contributed by atoms with van der Waals surface area (Å²) in [6.45, 7) is 3.72. The number of carbonyl (C=O) groups excluding carboxylic acids is 3. The molecule has 1 saturated heterocycles. The first-order chi connectivity index (χ1) is 13.7. The lowest BCUT2D eigenvalue weighted by molar-refractivity contribution is -0.142. The van der Waals surface area contributed by atoms with Crippen LogP contribution < -0.4 is 16.4 Å². The maximum atomic E-state index is 12.5. The molecule has 1 aromatic heterocycles. The molecule has 3 amide bonds. The van der Waals surface area contributed by atoms with E-state index in [0.717, 1.165) is 0 Å². The van der Waals surface area contributed by atoms with E-state index in [2.05, 4.69) is 20.6 Å². The number of hydrogen-bond donors (Lipinski definition) is 5. The Kier molecular flexibility index (Phi) is 7.71. The van der Waals surface area contributed by atoms with Gasteiger partial charge in [0, 0.05) is 24.9 Å². The lowest BCUT2D eigenvalue weighted by atomic mass is 10.0. The molecule has 1 aromatic rings. The molecule has 0 bridgehead atoms. The van der Waals surface area contributed by atoms with Gasteiger partial charge in [-0.3, -0.25) is 14.4 Å². The van der Waals surface area contributed by atoms with Gasteiger partial charge in [0.05, 0.1) is 18.9 Å². The number of imidazole rings is 1. The van der Waals surface area contributed by atoms with Gasteiger partial charge in [0.25, 0.3) is 0 Å². The van der Waals surface area contributed by atoms with Crippen molar-refractivity contribution in [2.75, 3.05) is 13.1 Å².